The fraction of sp³-hybridized carbons (Fsp3) is 0.200. The highest BCUT2D eigenvalue weighted by Crippen LogP contribution is 2.23. The molecule has 18 heavy (non-hydrogen) atoms. The smallest absolute Gasteiger partial charge is 0.125 e. The number of fused-ring (bicyclic) bond motifs is 1. The maximum absolute atomic E-state index is 5.77. The van der Waals surface area contributed by atoms with Crippen molar-refractivity contribution in [2.45, 2.75) is 13.3 Å². The van der Waals surface area contributed by atoms with E-state index in [0.717, 1.165) is 17.7 Å². The molecule has 0 spiro atoms. The summed E-state index contributed by atoms with van der Waals surface area (Å²) in [5.74, 6) is 0.885. The Hall–Kier alpha value is -2.16. The lowest BCUT2D eigenvalue weighted by molar-refractivity contribution is 0.780. The van der Waals surface area contributed by atoms with Crippen molar-refractivity contribution in [3.8, 4) is 0 Å². The minimum atomic E-state index is 0.261. The quantitative estimate of drug-likeness (QED) is 0.814. The summed E-state index contributed by atoms with van der Waals surface area (Å²) in [5, 5.41) is 10.8. The van der Waals surface area contributed by atoms with Crippen LogP contribution in [0, 0.1) is 5.92 Å². The number of benzene rings is 2. The van der Waals surface area contributed by atoms with Crippen LogP contribution < -0.4 is 5.73 Å². The summed E-state index contributed by atoms with van der Waals surface area (Å²) < 4.78 is 0. The van der Waals surface area contributed by atoms with Crippen molar-refractivity contribution in [1.82, 2.24) is 0 Å². The van der Waals surface area contributed by atoms with Gasteiger partial charge in [-0.05, 0) is 10.8 Å². The summed E-state index contributed by atoms with van der Waals surface area (Å²) in [7, 11) is 0. The van der Waals surface area contributed by atoms with Crippen molar-refractivity contribution in [1.29, 1.82) is 0 Å². The maximum Gasteiger partial charge on any atom is 0.125 e. The Labute approximate surface area is 106 Å². The summed E-state index contributed by atoms with van der Waals surface area (Å²) in [6, 6.07) is 14.6. The van der Waals surface area contributed by atoms with Gasteiger partial charge in [0.05, 0.1) is 5.71 Å². The van der Waals surface area contributed by atoms with E-state index in [2.05, 4.69) is 53.5 Å². The van der Waals surface area contributed by atoms with Crippen LogP contribution in [0.3, 0.4) is 0 Å². The first-order chi connectivity index (χ1) is 8.75. The molecule has 0 fully saturated rings. The Morgan fingerprint density at radius 3 is 2.67 bits per heavy atom. The summed E-state index contributed by atoms with van der Waals surface area (Å²) in [5.41, 5.74) is 7.96. The highest BCUT2D eigenvalue weighted by atomic mass is 15.2. The summed E-state index contributed by atoms with van der Waals surface area (Å²) >= 11 is 0. The van der Waals surface area contributed by atoms with Crippen molar-refractivity contribution in [2.24, 2.45) is 21.9 Å². The molecule has 0 aromatic heterocycles. The van der Waals surface area contributed by atoms with E-state index in [1.54, 1.807) is 0 Å². The molecule has 0 saturated carbocycles. The van der Waals surface area contributed by atoms with E-state index >= 15 is 0 Å². The molecule has 1 aliphatic rings. The van der Waals surface area contributed by atoms with E-state index in [-0.39, 0.29) is 5.92 Å². The normalized spacial score (nSPS) is 19.5. The van der Waals surface area contributed by atoms with Crippen molar-refractivity contribution >= 4 is 22.3 Å². The molecule has 1 atom stereocenters. The summed E-state index contributed by atoms with van der Waals surface area (Å²) in [6.07, 6.45) is 0.851. The zero-order valence-corrected chi connectivity index (χ0v) is 10.3. The van der Waals surface area contributed by atoms with Gasteiger partial charge in [-0.2, -0.15) is 5.10 Å². The zero-order valence-electron chi connectivity index (χ0n) is 10.3. The van der Waals surface area contributed by atoms with Gasteiger partial charge < -0.3 is 5.73 Å². The minimum Gasteiger partial charge on any atom is -0.385 e. The first kappa shape index (κ1) is 11.0. The third-order valence-corrected chi connectivity index (χ3v) is 3.39. The molecule has 1 unspecified atom stereocenters. The van der Waals surface area contributed by atoms with E-state index in [4.69, 9.17) is 5.73 Å². The first-order valence-electron chi connectivity index (χ1n) is 6.14. The SMILES string of the molecule is CC1CC(c2cccc3ccccc23)=NN=C1N. The number of amidine groups is 1. The fourth-order valence-electron chi connectivity index (χ4n) is 2.29. The third-order valence-electron chi connectivity index (χ3n) is 3.39. The van der Waals surface area contributed by atoms with E-state index in [0.29, 0.717) is 5.84 Å². The lowest BCUT2D eigenvalue weighted by atomic mass is 9.94. The standard InChI is InChI=1S/C15H15N3/c1-10-9-14(17-18-15(10)16)13-8-4-6-11-5-2-3-7-12(11)13/h2-8,10H,9H2,1H3,(H2,16,18). The van der Waals surface area contributed by atoms with Gasteiger partial charge in [-0.25, -0.2) is 0 Å². The molecule has 3 nitrogen and oxygen atoms in total. The summed E-state index contributed by atoms with van der Waals surface area (Å²) in [6.45, 7) is 2.08. The van der Waals surface area contributed by atoms with Crippen LogP contribution in [0.25, 0.3) is 10.8 Å². The second-order valence-corrected chi connectivity index (χ2v) is 4.70. The topological polar surface area (TPSA) is 50.7 Å². The molecule has 0 aliphatic carbocycles. The second kappa shape index (κ2) is 4.26. The van der Waals surface area contributed by atoms with Crippen LogP contribution in [0.5, 0.6) is 0 Å². The van der Waals surface area contributed by atoms with Crippen molar-refractivity contribution in [3.05, 3.63) is 48.0 Å². The van der Waals surface area contributed by atoms with E-state index in [9.17, 15) is 0 Å². The van der Waals surface area contributed by atoms with E-state index in [1.165, 1.54) is 10.8 Å². The average Bonchev–Trinajstić information content (AvgIpc) is 2.41. The van der Waals surface area contributed by atoms with Gasteiger partial charge in [-0.3, -0.25) is 0 Å². The third kappa shape index (κ3) is 1.78. The van der Waals surface area contributed by atoms with Gasteiger partial charge in [-0.1, -0.05) is 49.4 Å². The number of nitrogens with zero attached hydrogens (tertiary/aromatic N) is 2. The number of rotatable bonds is 1. The molecule has 0 saturated heterocycles. The fourth-order valence-corrected chi connectivity index (χ4v) is 2.29. The van der Waals surface area contributed by atoms with Crippen molar-refractivity contribution < 1.29 is 0 Å². The summed E-state index contributed by atoms with van der Waals surface area (Å²) in [4.78, 5) is 0. The molecule has 0 bridgehead atoms. The van der Waals surface area contributed by atoms with E-state index in [1.807, 2.05) is 6.07 Å². The Bertz CT molecular complexity index is 650. The lowest BCUT2D eigenvalue weighted by Gasteiger charge is -2.17. The molecule has 90 valence electrons. The molecule has 1 heterocycles. The van der Waals surface area contributed by atoms with Gasteiger partial charge in [0.2, 0.25) is 0 Å². The first-order valence-corrected chi connectivity index (χ1v) is 6.14. The van der Waals surface area contributed by atoms with Crippen LogP contribution in [-0.2, 0) is 0 Å². The van der Waals surface area contributed by atoms with Crippen LogP contribution in [0.4, 0.5) is 0 Å². The average molecular weight is 237 g/mol. The van der Waals surface area contributed by atoms with Gasteiger partial charge in [0.15, 0.2) is 0 Å². The van der Waals surface area contributed by atoms with Crippen LogP contribution in [0.1, 0.15) is 18.9 Å². The minimum absolute atomic E-state index is 0.261. The highest BCUT2D eigenvalue weighted by Gasteiger charge is 2.18. The molecule has 3 heteroatoms. The van der Waals surface area contributed by atoms with Gasteiger partial charge >= 0.3 is 0 Å². The van der Waals surface area contributed by atoms with Crippen molar-refractivity contribution in [3.63, 3.8) is 0 Å². The van der Waals surface area contributed by atoms with Gasteiger partial charge in [-0.15, -0.1) is 5.10 Å². The Morgan fingerprint density at radius 2 is 1.83 bits per heavy atom. The Morgan fingerprint density at radius 1 is 1.06 bits per heavy atom. The van der Waals surface area contributed by atoms with E-state index < -0.39 is 0 Å². The molecule has 2 aromatic carbocycles. The number of nitrogens with two attached hydrogens (primary N) is 1. The number of hydrogen-bond acceptors (Lipinski definition) is 3. The Balaban J connectivity index is 2.16. The van der Waals surface area contributed by atoms with Crippen molar-refractivity contribution in [2.75, 3.05) is 0 Å². The molecule has 2 aromatic rings. The van der Waals surface area contributed by atoms with Crippen LogP contribution in [-0.4, -0.2) is 11.5 Å². The molecule has 2 N–H and O–H groups in total. The predicted molar refractivity (Wildman–Crippen MR) is 75.9 cm³/mol. The largest absolute Gasteiger partial charge is 0.385 e. The predicted octanol–water partition coefficient (Wildman–Crippen LogP) is 2.94. The number of hydrogen-bond donors (Lipinski definition) is 1. The molecule has 3 rings (SSSR count). The van der Waals surface area contributed by atoms with Gasteiger partial charge in [0, 0.05) is 17.9 Å². The van der Waals surface area contributed by atoms with Crippen LogP contribution >= 0.6 is 0 Å². The second-order valence-electron chi connectivity index (χ2n) is 4.70. The zero-order chi connectivity index (χ0) is 12.5. The monoisotopic (exact) mass is 237 g/mol. The van der Waals surface area contributed by atoms with Crippen LogP contribution in [0.15, 0.2) is 52.7 Å². The maximum atomic E-state index is 5.77. The Kier molecular flexibility index (Phi) is 2.59. The van der Waals surface area contributed by atoms with Gasteiger partial charge in [0.1, 0.15) is 5.84 Å². The molecule has 1 aliphatic heterocycles. The lowest BCUT2D eigenvalue weighted by Crippen LogP contribution is -2.26. The molecule has 0 radical (unpaired) electrons. The van der Waals surface area contributed by atoms with Crippen LogP contribution in [0.2, 0.25) is 0 Å². The highest BCUT2D eigenvalue weighted by molar-refractivity contribution is 6.12. The molecular weight excluding hydrogens is 222 g/mol. The molecular formula is C15H15N3. The van der Waals surface area contributed by atoms with Gasteiger partial charge in [0.25, 0.3) is 0 Å². The molecule has 0 amide bonds.